The minimum absolute atomic E-state index is 0.225. The lowest BCUT2D eigenvalue weighted by Gasteiger charge is -2.17. The number of fused-ring (bicyclic) bond motifs is 1. The van der Waals surface area contributed by atoms with Crippen molar-refractivity contribution >= 4 is 22.8 Å². The van der Waals surface area contributed by atoms with Crippen molar-refractivity contribution in [1.82, 2.24) is 10.2 Å². The average Bonchev–Trinajstić information content (AvgIpc) is 2.72. The molecule has 0 amide bonds. The number of H-pyrrole nitrogens is 1. The summed E-state index contributed by atoms with van der Waals surface area (Å²) in [5.41, 5.74) is 0.532. The monoisotopic (exact) mass is 292 g/mol. The second-order valence-electron chi connectivity index (χ2n) is 5.42. The van der Waals surface area contributed by atoms with Gasteiger partial charge in [0.15, 0.2) is 0 Å². The normalized spacial score (nSPS) is 10.5. The number of aromatic nitrogens is 2. The Kier molecular flexibility index (Phi) is 5.46. The number of carbonyl (C=O) groups is 2. The molecule has 2 rings (SSSR count). The predicted octanol–water partition coefficient (Wildman–Crippen LogP) is 2.84. The molecule has 0 saturated heterocycles. The quantitative estimate of drug-likeness (QED) is 0.645. The largest absolute Gasteiger partial charge is 0.460 e. The summed E-state index contributed by atoms with van der Waals surface area (Å²) in [6.07, 6.45) is 1.72. The van der Waals surface area contributed by atoms with Crippen LogP contribution in [0.25, 0.3) is 10.9 Å². The molecule has 0 aliphatic carbocycles. The van der Waals surface area contributed by atoms with Crippen LogP contribution in [0.2, 0.25) is 0 Å². The summed E-state index contributed by atoms with van der Waals surface area (Å²) in [6, 6.07) is 5.32. The van der Waals surface area contributed by atoms with Gasteiger partial charge in [0.2, 0.25) is 0 Å². The molecule has 0 aliphatic rings. The van der Waals surface area contributed by atoms with E-state index < -0.39 is 0 Å². The number of ether oxygens (including phenoxy) is 2. The van der Waals surface area contributed by atoms with Crippen LogP contribution >= 0.6 is 0 Å². The molecule has 114 valence electrons. The molecule has 2 aromatic rings. The molecular weight excluding hydrogens is 272 g/mol. The third-order valence-corrected chi connectivity index (χ3v) is 2.12. The minimum atomic E-state index is -0.328. The molecule has 0 spiro atoms. The first-order valence-electron chi connectivity index (χ1n) is 6.48. The zero-order chi connectivity index (χ0) is 16.0. The Hall–Kier alpha value is -2.37. The molecular formula is C15H20N2O4. The molecule has 0 bridgehead atoms. The molecule has 0 aliphatic heterocycles. The van der Waals surface area contributed by atoms with Crippen molar-refractivity contribution in [3.05, 3.63) is 24.4 Å². The molecule has 0 unspecified atom stereocenters. The fourth-order valence-electron chi connectivity index (χ4n) is 1.58. The summed E-state index contributed by atoms with van der Waals surface area (Å²) in [5.74, 6) is -0.0133. The summed E-state index contributed by atoms with van der Waals surface area (Å²) in [5, 5.41) is 7.64. The van der Waals surface area contributed by atoms with E-state index in [2.05, 4.69) is 10.2 Å². The standard InChI is InChI=1S/C9H8N2O2.C6H12O2/c1-6(12)13-8-3-2-7-5-10-11-9(7)4-8;1-5(7)8-6(2,3)4/h2-5H,1H3,(H,10,11);1-4H3. The molecule has 1 N–H and O–H groups in total. The first-order chi connectivity index (χ1) is 9.67. The molecule has 1 heterocycles. The van der Waals surface area contributed by atoms with Crippen LogP contribution in [-0.2, 0) is 14.3 Å². The molecule has 21 heavy (non-hydrogen) atoms. The summed E-state index contributed by atoms with van der Waals surface area (Å²) < 4.78 is 9.70. The maximum atomic E-state index is 10.6. The number of benzene rings is 1. The van der Waals surface area contributed by atoms with Gasteiger partial charge in [0.1, 0.15) is 11.4 Å². The van der Waals surface area contributed by atoms with Gasteiger partial charge in [-0.05, 0) is 32.9 Å². The maximum absolute atomic E-state index is 10.6. The number of hydrogen-bond donors (Lipinski definition) is 1. The van der Waals surface area contributed by atoms with Gasteiger partial charge < -0.3 is 9.47 Å². The van der Waals surface area contributed by atoms with Gasteiger partial charge in [-0.25, -0.2) is 0 Å². The fraction of sp³-hybridized carbons (Fsp3) is 0.400. The van der Waals surface area contributed by atoms with Gasteiger partial charge in [-0.2, -0.15) is 5.10 Å². The lowest BCUT2D eigenvalue weighted by Crippen LogP contribution is -2.21. The Bertz CT molecular complexity index is 626. The summed E-state index contributed by atoms with van der Waals surface area (Å²) in [7, 11) is 0. The van der Waals surface area contributed by atoms with Gasteiger partial charge in [0.25, 0.3) is 0 Å². The fourth-order valence-corrected chi connectivity index (χ4v) is 1.58. The van der Waals surface area contributed by atoms with Crippen LogP contribution in [0.15, 0.2) is 24.4 Å². The van der Waals surface area contributed by atoms with E-state index in [1.807, 2.05) is 26.8 Å². The molecule has 0 atom stereocenters. The van der Waals surface area contributed by atoms with Crippen molar-refractivity contribution in [3.63, 3.8) is 0 Å². The van der Waals surface area contributed by atoms with E-state index in [-0.39, 0.29) is 17.5 Å². The van der Waals surface area contributed by atoms with Crippen LogP contribution < -0.4 is 4.74 Å². The average molecular weight is 292 g/mol. The number of carbonyl (C=O) groups excluding carboxylic acids is 2. The highest BCUT2D eigenvalue weighted by Gasteiger charge is 2.11. The first kappa shape index (κ1) is 16.7. The van der Waals surface area contributed by atoms with Gasteiger partial charge in [-0.1, -0.05) is 0 Å². The van der Waals surface area contributed by atoms with Crippen LogP contribution in [-0.4, -0.2) is 27.7 Å². The highest BCUT2D eigenvalue weighted by Crippen LogP contribution is 2.18. The Morgan fingerprint density at radius 3 is 2.29 bits per heavy atom. The number of rotatable bonds is 1. The number of aromatic amines is 1. The van der Waals surface area contributed by atoms with Crippen LogP contribution in [0.3, 0.4) is 0 Å². The molecule has 1 aromatic carbocycles. The smallest absolute Gasteiger partial charge is 0.308 e. The molecule has 0 fully saturated rings. The van der Waals surface area contributed by atoms with E-state index in [0.29, 0.717) is 5.75 Å². The predicted molar refractivity (Wildman–Crippen MR) is 78.9 cm³/mol. The first-order valence-corrected chi connectivity index (χ1v) is 6.48. The van der Waals surface area contributed by atoms with Crippen LogP contribution in [0, 0.1) is 0 Å². The number of esters is 2. The number of nitrogens with one attached hydrogen (secondary N) is 1. The number of hydrogen-bond acceptors (Lipinski definition) is 5. The van der Waals surface area contributed by atoms with Gasteiger partial charge >= 0.3 is 11.9 Å². The molecule has 6 nitrogen and oxygen atoms in total. The highest BCUT2D eigenvalue weighted by atomic mass is 16.6. The Morgan fingerprint density at radius 1 is 1.14 bits per heavy atom. The van der Waals surface area contributed by atoms with Crippen molar-refractivity contribution < 1.29 is 19.1 Å². The summed E-state index contributed by atoms with van der Waals surface area (Å²) in [6.45, 7) is 8.31. The van der Waals surface area contributed by atoms with Crippen LogP contribution in [0.1, 0.15) is 34.6 Å². The topological polar surface area (TPSA) is 81.3 Å². The van der Waals surface area contributed by atoms with E-state index >= 15 is 0 Å². The number of nitrogens with zero attached hydrogens (tertiary/aromatic N) is 1. The zero-order valence-corrected chi connectivity index (χ0v) is 12.9. The van der Waals surface area contributed by atoms with Gasteiger partial charge in [-0.15, -0.1) is 0 Å². The zero-order valence-electron chi connectivity index (χ0n) is 12.9. The third kappa shape index (κ3) is 6.56. The molecule has 0 radical (unpaired) electrons. The molecule has 6 heteroatoms. The Morgan fingerprint density at radius 2 is 1.81 bits per heavy atom. The lowest BCUT2D eigenvalue weighted by atomic mass is 10.2. The Balaban J connectivity index is 0.000000240. The maximum Gasteiger partial charge on any atom is 0.308 e. The van der Waals surface area contributed by atoms with E-state index in [9.17, 15) is 9.59 Å². The van der Waals surface area contributed by atoms with Crippen LogP contribution in [0.4, 0.5) is 0 Å². The highest BCUT2D eigenvalue weighted by molar-refractivity contribution is 5.80. The molecule has 1 aromatic heterocycles. The minimum Gasteiger partial charge on any atom is -0.460 e. The van der Waals surface area contributed by atoms with Gasteiger partial charge in [0, 0.05) is 25.3 Å². The van der Waals surface area contributed by atoms with Gasteiger partial charge in [0.05, 0.1) is 11.7 Å². The van der Waals surface area contributed by atoms with E-state index in [1.165, 1.54) is 13.8 Å². The van der Waals surface area contributed by atoms with Crippen molar-refractivity contribution in [2.75, 3.05) is 0 Å². The van der Waals surface area contributed by atoms with E-state index in [1.54, 1.807) is 18.3 Å². The van der Waals surface area contributed by atoms with Gasteiger partial charge in [-0.3, -0.25) is 14.7 Å². The summed E-state index contributed by atoms with van der Waals surface area (Å²) in [4.78, 5) is 20.9. The van der Waals surface area contributed by atoms with Crippen molar-refractivity contribution in [3.8, 4) is 5.75 Å². The summed E-state index contributed by atoms with van der Waals surface area (Å²) >= 11 is 0. The molecule has 0 saturated carbocycles. The van der Waals surface area contributed by atoms with E-state index in [0.717, 1.165) is 10.9 Å². The lowest BCUT2D eigenvalue weighted by molar-refractivity contribution is -0.151. The SMILES string of the molecule is CC(=O)OC(C)(C)C.CC(=O)Oc1ccc2cn[nH]c2c1. The second kappa shape index (κ2) is 6.88. The van der Waals surface area contributed by atoms with Crippen molar-refractivity contribution in [2.24, 2.45) is 0 Å². The van der Waals surface area contributed by atoms with E-state index in [4.69, 9.17) is 9.47 Å². The van der Waals surface area contributed by atoms with Crippen molar-refractivity contribution in [2.45, 2.75) is 40.2 Å². The third-order valence-electron chi connectivity index (χ3n) is 2.12. The Labute approximate surface area is 123 Å². The second-order valence-corrected chi connectivity index (χ2v) is 5.42. The van der Waals surface area contributed by atoms with Crippen LogP contribution in [0.5, 0.6) is 5.75 Å². The van der Waals surface area contributed by atoms with Crippen molar-refractivity contribution in [1.29, 1.82) is 0 Å².